The molecule has 1 atom stereocenters. The highest BCUT2D eigenvalue weighted by atomic mass is 79.9. The number of methoxy groups -OCH3 is 2. The lowest BCUT2D eigenvalue weighted by Crippen LogP contribution is -2.01. The normalized spacial score (nSPS) is 10.1. The molecule has 1 aromatic carbocycles. The predicted octanol–water partition coefficient (Wildman–Crippen LogP) is 3.38. The van der Waals surface area contributed by atoms with Crippen LogP contribution in [0.1, 0.15) is 16.7 Å². The Labute approximate surface area is 107 Å². The van der Waals surface area contributed by atoms with Crippen LogP contribution in [0.25, 0.3) is 0 Å². The molecular weight excluding hydrogens is 291 g/mol. The second-order valence-electron chi connectivity index (χ2n) is 3.38. The fourth-order valence-electron chi connectivity index (χ4n) is 1.69. The van der Waals surface area contributed by atoms with Crippen molar-refractivity contribution in [1.29, 1.82) is 0 Å². The van der Waals surface area contributed by atoms with Gasteiger partial charge in [0.25, 0.3) is 0 Å². The molecule has 0 heterocycles. The van der Waals surface area contributed by atoms with Crippen molar-refractivity contribution in [3.63, 3.8) is 0 Å². The topological polar surface area (TPSA) is 27.7 Å². The highest BCUT2D eigenvalue weighted by Gasteiger charge is 2.21. The lowest BCUT2D eigenvalue weighted by atomic mass is 10.0. The third-order valence-electron chi connectivity index (χ3n) is 2.70. The van der Waals surface area contributed by atoms with Crippen LogP contribution < -0.4 is 14.0 Å². The third-order valence-corrected chi connectivity index (χ3v) is 3.50. The van der Waals surface area contributed by atoms with E-state index in [1.165, 1.54) is 0 Å². The van der Waals surface area contributed by atoms with E-state index in [1.807, 2.05) is 13.8 Å². The smallest absolute Gasteiger partial charge is 0.204 e. The maximum Gasteiger partial charge on any atom is 0.204 e. The molecule has 0 N–H and O–H groups in total. The fraction of sp³-hybridized carbons (Fsp3) is 0.455. The quantitative estimate of drug-likeness (QED) is 0.630. The van der Waals surface area contributed by atoms with E-state index < -0.39 is 0 Å². The van der Waals surface area contributed by atoms with Gasteiger partial charge in [-0.05, 0) is 25.0 Å². The first-order valence-corrected chi connectivity index (χ1v) is 6.38. The molecule has 0 aliphatic rings. The van der Waals surface area contributed by atoms with E-state index in [0.717, 1.165) is 22.4 Å². The van der Waals surface area contributed by atoms with E-state index >= 15 is 0 Å². The van der Waals surface area contributed by atoms with Crippen molar-refractivity contribution in [3.8, 4) is 17.2 Å². The maximum absolute atomic E-state index is 5.36. The van der Waals surface area contributed by atoms with Crippen molar-refractivity contribution in [2.24, 2.45) is 0 Å². The second kappa shape index (κ2) is 5.74. The van der Waals surface area contributed by atoms with Gasteiger partial charge in [0.1, 0.15) is 0 Å². The zero-order chi connectivity index (χ0) is 12.3. The summed E-state index contributed by atoms with van der Waals surface area (Å²) in [6, 6.07) is 0. The molecule has 0 spiro atoms. The predicted molar refractivity (Wildman–Crippen MR) is 72.0 cm³/mol. The van der Waals surface area contributed by atoms with Crippen LogP contribution in [0.2, 0.25) is 0 Å². The summed E-state index contributed by atoms with van der Waals surface area (Å²) in [6.07, 6.45) is 0. The molecule has 0 bridgehead atoms. The molecule has 0 saturated carbocycles. The molecule has 0 radical (unpaired) electrons. The molecule has 0 aliphatic carbocycles. The summed E-state index contributed by atoms with van der Waals surface area (Å²) in [4.78, 5) is 0. The van der Waals surface area contributed by atoms with Crippen molar-refractivity contribution in [2.75, 3.05) is 14.2 Å². The Morgan fingerprint density at radius 2 is 1.56 bits per heavy atom. The van der Waals surface area contributed by atoms with Crippen LogP contribution in [0.4, 0.5) is 0 Å². The van der Waals surface area contributed by atoms with Crippen LogP contribution in [-0.2, 0) is 5.33 Å². The van der Waals surface area contributed by atoms with Gasteiger partial charge >= 0.3 is 0 Å². The van der Waals surface area contributed by atoms with Crippen molar-refractivity contribution in [2.45, 2.75) is 19.2 Å². The Morgan fingerprint density at radius 3 is 1.94 bits per heavy atom. The van der Waals surface area contributed by atoms with Gasteiger partial charge in [0, 0.05) is 10.9 Å². The van der Waals surface area contributed by atoms with Gasteiger partial charge < -0.3 is 14.0 Å². The average Bonchev–Trinajstić information content (AvgIpc) is 2.31. The molecule has 0 aromatic heterocycles. The van der Waals surface area contributed by atoms with E-state index in [2.05, 4.69) is 25.4 Å². The monoisotopic (exact) mass is 306 g/mol. The van der Waals surface area contributed by atoms with Gasteiger partial charge in [0.15, 0.2) is 11.5 Å². The number of alkyl halides is 1. The summed E-state index contributed by atoms with van der Waals surface area (Å²) >= 11 is 3.46. The number of benzene rings is 1. The van der Waals surface area contributed by atoms with Gasteiger partial charge in [0.2, 0.25) is 5.75 Å². The molecule has 0 aliphatic heterocycles. The number of hydrogen-bond acceptors (Lipinski definition) is 3. The van der Waals surface area contributed by atoms with Crippen molar-refractivity contribution in [1.82, 2.24) is 0 Å². The van der Waals surface area contributed by atoms with Crippen molar-refractivity contribution in [3.05, 3.63) is 16.7 Å². The molecule has 0 amide bonds. The van der Waals surface area contributed by atoms with Gasteiger partial charge in [-0.3, -0.25) is 0 Å². The molecule has 1 aromatic rings. The van der Waals surface area contributed by atoms with E-state index in [0.29, 0.717) is 16.8 Å². The van der Waals surface area contributed by atoms with Crippen LogP contribution in [0.3, 0.4) is 0 Å². The van der Waals surface area contributed by atoms with Crippen LogP contribution in [0, 0.1) is 13.8 Å². The minimum Gasteiger partial charge on any atom is -0.492 e. The summed E-state index contributed by atoms with van der Waals surface area (Å²) in [7, 11) is 5.48. The Balaban J connectivity index is 3.61. The lowest BCUT2D eigenvalue weighted by molar-refractivity contribution is 0.343. The SMILES string of the molecule is COc1c(C)c(C)c(CBr)c(OP)c1OC. The molecule has 0 fully saturated rings. The molecule has 5 heteroatoms. The molecule has 0 saturated heterocycles. The Morgan fingerprint density at radius 1 is 1.00 bits per heavy atom. The Bertz CT molecular complexity index is 357. The van der Waals surface area contributed by atoms with Crippen LogP contribution in [-0.4, -0.2) is 14.2 Å². The van der Waals surface area contributed by atoms with Gasteiger partial charge in [-0.1, -0.05) is 15.9 Å². The second-order valence-corrected chi connectivity index (χ2v) is 4.17. The molecule has 1 rings (SSSR count). The zero-order valence-corrected chi connectivity index (χ0v) is 12.6. The first kappa shape index (κ1) is 13.6. The van der Waals surface area contributed by atoms with Crippen LogP contribution in [0.15, 0.2) is 0 Å². The number of ether oxygens (including phenoxy) is 2. The largest absolute Gasteiger partial charge is 0.492 e. The standard InChI is InChI=1S/C11H16BrO3P/c1-6-7(2)9(13-3)11(14-4)10(15-16)8(6)5-12/h5,16H2,1-4H3. The number of halogens is 1. The highest BCUT2D eigenvalue weighted by Crippen LogP contribution is 2.46. The number of rotatable bonds is 4. The molecule has 1 unspecified atom stereocenters. The van der Waals surface area contributed by atoms with Gasteiger partial charge in [-0.15, -0.1) is 0 Å². The molecular formula is C11H16BrO3P. The van der Waals surface area contributed by atoms with E-state index in [4.69, 9.17) is 14.0 Å². The van der Waals surface area contributed by atoms with E-state index in [9.17, 15) is 0 Å². The first-order valence-electron chi connectivity index (χ1n) is 4.79. The van der Waals surface area contributed by atoms with E-state index in [-0.39, 0.29) is 0 Å². The molecule has 16 heavy (non-hydrogen) atoms. The fourth-order valence-corrected chi connectivity index (χ4v) is 2.62. The first-order chi connectivity index (χ1) is 7.62. The minimum atomic E-state index is 0.634. The van der Waals surface area contributed by atoms with Crippen molar-refractivity contribution >= 4 is 25.4 Å². The summed E-state index contributed by atoms with van der Waals surface area (Å²) < 4.78 is 16.0. The summed E-state index contributed by atoms with van der Waals surface area (Å²) in [5.41, 5.74) is 3.29. The molecule has 90 valence electrons. The Hall–Kier alpha value is -0.470. The summed E-state index contributed by atoms with van der Waals surface area (Å²) in [5, 5.41) is 0.712. The maximum atomic E-state index is 5.36. The minimum absolute atomic E-state index is 0.634. The Kier molecular flexibility index (Phi) is 4.88. The van der Waals surface area contributed by atoms with Gasteiger partial charge in [-0.25, -0.2) is 0 Å². The van der Waals surface area contributed by atoms with Crippen LogP contribution >= 0.6 is 25.4 Å². The van der Waals surface area contributed by atoms with E-state index in [1.54, 1.807) is 14.2 Å². The zero-order valence-electron chi connectivity index (χ0n) is 9.89. The summed E-state index contributed by atoms with van der Waals surface area (Å²) in [6.45, 7) is 4.05. The summed E-state index contributed by atoms with van der Waals surface area (Å²) in [5.74, 6) is 2.06. The molecule has 3 nitrogen and oxygen atoms in total. The highest BCUT2D eigenvalue weighted by molar-refractivity contribution is 9.08. The average molecular weight is 307 g/mol. The van der Waals surface area contributed by atoms with Crippen molar-refractivity contribution < 1.29 is 14.0 Å². The van der Waals surface area contributed by atoms with Gasteiger partial charge in [0.05, 0.1) is 23.7 Å². The third kappa shape index (κ3) is 2.14. The lowest BCUT2D eigenvalue weighted by Gasteiger charge is -2.19. The van der Waals surface area contributed by atoms with Gasteiger partial charge in [-0.2, -0.15) is 0 Å². The van der Waals surface area contributed by atoms with Crippen LogP contribution in [0.5, 0.6) is 17.2 Å². The number of hydrogen-bond donors (Lipinski definition) is 0.